The summed E-state index contributed by atoms with van der Waals surface area (Å²) in [5.41, 5.74) is 5.02. The Morgan fingerprint density at radius 1 is 0.760 bits per heavy atom. The number of unbranched alkanes of at least 4 members (excludes halogenated alkanes) is 14. The Morgan fingerprint density at radius 2 is 1.16 bits per heavy atom. The Kier molecular flexibility index (Phi) is 18.8. The van der Waals surface area contributed by atoms with Crippen LogP contribution in [0, 0.1) is 0 Å². The summed E-state index contributed by atoms with van der Waals surface area (Å²) in [6, 6.07) is 0. The van der Waals surface area contributed by atoms with Crippen LogP contribution in [0.15, 0.2) is 12.2 Å². The van der Waals surface area contributed by atoms with Gasteiger partial charge in [0, 0.05) is 0 Å². The highest BCUT2D eigenvalue weighted by atomic mass is 16.3. The van der Waals surface area contributed by atoms with Crippen molar-refractivity contribution in [3.63, 3.8) is 0 Å². The molecule has 148 valence electrons. The van der Waals surface area contributed by atoms with E-state index in [0.29, 0.717) is 6.42 Å². The zero-order valence-electron chi connectivity index (χ0n) is 16.7. The molecule has 25 heavy (non-hydrogen) atoms. The number of aliphatic hydroxyl groups excluding tert-OH is 1. The molecular weight excluding hydrogens is 310 g/mol. The third-order valence-electron chi connectivity index (χ3n) is 4.82. The van der Waals surface area contributed by atoms with Gasteiger partial charge in [0.25, 0.3) is 0 Å². The number of hydrogen-bond donors (Lipinski definition) is 2. The summed E-state index contributed by atoms with van der Waals surface area (Å²) in [7, 11) is 0. The number of amides is 1. The van der Waals surface area contributed by atoms with Crippen LogP contribution in [-0.4, -0.2) is 17.1 Å². The van der Waals surface area contributed by atoms with Crippen LogP contribution in [0.3, 0.4) is 0 Å². The molecule has 0 rings (SSSR count). The van der Waals surface area contributed by atoms with E-state index in [9.17, 15) is 9.90 Å². The maximum atomic E-state index is 10.7. The first-order valence-corrected chi connectivity index (χ1v) is 10.8. The summed E-state index contributed by atoms with van der Waals surface area (Å²) >= 11 is 0. The molecular formula is C22H43NO2. The molecule has 0 radical (unpaired) electrons. The Labute approximate surface area is 156 Å². The lowest BCUT2D eigenvalue weighted by Crippen LogP contribution is -2.27. The highest BCUT2D eigenvalue weighted by Crippen LogP contribution is 2.12. The molecule has 0 aliphatic carbocycles. The normalized spacial score (nSPS) is 12.7. The molecule has 0 aliphatic heterocycles. The maximum absolute atomic E-state index is 10.7. The van der Waals surface area contributed by atoms with Gasteiger partial charge in [0.15, 0.2) is 0 Å². The van der Waals surface area contributed by atoms with E-state index in [-0.39, 0.29) is 0 Å². The predicted molar refractivity (Wildman–Crippen MR) is 109 cm³/mol. The van der Waals surface area contributed by atoms with Crippen molar-refractivity contribution in [2.45, 2.75) is 122 Å². The number of allylic oxidation sites excluding steroid dienone is 2. The Bertz CT molecular complexity index is 315. The van der Waals surface area contributed by atoms with Crippen molar-refractivity contribution in [2.75, 3.05) is 0 Å². The molecule has 3 N–H and O–H groups in total. The van der Waals surface area contributed by atoms with Gasteiger partial charge in [-0.05, 0) is 32.1 Å². The molecule has 3 nitrogen and oxygen atoms in total. The number of primary amides is 1. The van der Waals surface area contributed by atoms with E-state index in [1.54, 1.807) is 0 Å². The van der Waals surface area contributed by atoms with Crippen molar-refractivity contribution >= 4 is 5.91 Å². The summed E-state index contributed by atoms with van der Waals surface area (Å²) in [6.45, 7) is 2.27. The first-order valence-electron chi connectivity index (χ1n) is 10.8. The van der Waals surface area contributed by atoms with Crippen LogP contribution in [0.5, 0.6) is 0 Å². The lowest BCUT2D eigenvalue weighted by Gasteiger charge is -2.05. The lowest BCUT2D eigenvalue weighted by molar-refractivity contribution is -0.126. The van der Waals surface area contributed by atoms with Crippen LogP contribution in [0.1, 0.15) is 116 Å². The van der Waals surface area contributed by atoms with Gasteiger partial charge in [-0.1, -0.05) is 96.1 Å². The Morgan fingerprint density at radius 3 is 1.60 bits per heavy atom. The molecule has 1 amide bonds. The number of rotatable bonds is 19. The van der Waals surface area contributed by atoms with E-state index < -0.39 is 12.0 Å². The monoisotopic (exact) mass is 353 g/mol. The predicted octanol–water partition coefficient (Wildman–Crippen LogP) is 6.04. The molecule has 3 heteroatoms. The summed E-state index contributed by atoms with van der Waals surface area (Å²) in [5, 5.41) is 9.28. The standard InChI is InChI=1S/C22H43NO2/c1-2-3-4-5-6-7-8-9-10-11-12-13-14-15-16-17-18-19-20-21(24)22(23)25/h9-10,21,24H,2-8,11-20H2,1H3,(H2,23,25). The minimum atomic E-state index is -0.950. The maximum Gasteiger partial charge on any atom is 0.246 e. The second kappa shape index (κ2) is 19.5. The third-order valence-corrected chi connectivity index (χ3v) is 4.82. The fourth-order valence-corrected chi connectivity index (χ4v) is 3.08. The SMILES string of the molecule is CCCCCCCCC=CCCCCCCCCCCC(O)C(N)=O. The quantitative estimate of drug-likeness (QED) is 0.220. The number of hydrogen-bond acceptors (Lipinski definition) is 2. The fraction of sp³-hybridized carbons (Fsp3) is 0.864. The summed E-state index contributed by atoms with van der Waals surface area (Å²) < 4.78 is 0. The van der Waals surface area contributed by atoms with Crippen molar-refractivity contribution in [3.05, 3.63) is 12.2 Å². The topological polar surface area (TPSA) is 63.3 Å². The second-order valence-corrected chi connectivity index (χ2v) is 7.35. The fourth-order valence-electron chi connectivity index (χ4n) is 3.08. The van der Waals surface area contributed by atoms with Crippen LogP contribution in [-0.2, 0) is 4.79 Å². The largest absolute Gasteiger partial charge is 0.383 e. The van der Waals surface area contributed by atoms with Crippen LogP contribution in [0.2, 0.25) is 0 Å². The van der Waals surface area contributed by atoms with Gasteiger partial charge in [-0.3, -0.25) is 4.79 Å². The average molecular weight is 354 g/mol. The van der Waals surface area contributed by atoms with Crippen molar-refractivity contribution in [1.29, 1.82) is 0 Å². The number of carbonyl (C=O) groups is 1. The van der Waals surface area contributed by atoms with E-state index in [4.69, 9.17) is 5.73 Å². The van der Waals surface area contributed by atoms with Gasteiger partial charge in [0.2, 0.25) is 5.91 Å². The van der Waals surface area contributed by atoms with E-state index in [2.05, 4.69) is 19.1 Å². The van der Waals surface area contributed by atoms with Gasteiger partial charge < -0.3 is 10.8 Å². The second-order valence-electron chi connectivity index (χ2n) is 7.35. The van der Waals surface area contributed by atoms with Gasteiger partial charge in [0.05, 0.1) is 0 Å². The molecule has 0 heterocycles. The van der Waals surface area contributed by atoms with Gasteiger partial charge in [-0.25, -0.2) is 0 Å². The minimum absolute atomic E-state index is 0.514. The van der Waals surface area contributed by atoms with Crippen LogP contribution in [0.25, 0.3) is 0 Å². The summed E-state index contributed by atoms with van der Waals surface area (Å²) in [6.07, 6.45) is 24.8. The van der Waals surface area contributed by atoms with Crippen molar-refractivity contribution < 1.29 is 9.90 Å². The summed E-state index contributed by atoms with van der Waals surface area (Å²) in [4.78, 5) is 10.7. The summed E-state index contributed by atoms with van der Waals surface area (Å²) in [5.74, 6) is -0.596. The molecule has 0 saturated heterocycles. The van der Waals surface area contributed by atoms with Crippen LogP contribution in [0.4, 0.5) is 0 Å². The Balaban J connectivity index is 3.13. The van der Waals surface area contributed by atoms with Crippen molar-refractivity contribution in [2.24, 2.45) is 5.73 Å². The molecule has 0 saturated carbocycles. The first-order chi connectivity index (χ1) is 12.2. The molecule has 1 unspecified atom stereocenters. The molecule has 0 aromatic rings. The molecule has 0 bridgehead atoms. The zero-order chi connectivity index (χ0) is 18.6. The Hall–Kier alpha value is -0.830. The van der Waals surface area contributed by atoms with E-state index in [1.165, 1.54) is 89.9 Å². The number of aliphatic hydroxyl groups is 1. The zero-order valence-corrected chi connectivity index (χ0v) is 16.7. The number of nitrogens with two attached hydrogens (primary N) is 1. The average Bonchev–Trinajstić information content (AvgIpc) is 2.60. The molecule has 0 aromatic heterocycles. The van der Waals surface area contributed by atoms with E-state index in [1.807, 2.05) is 0 Å². The number of carbonyl (C=O) groups excluding carboxylic acids is 1. The molecule has 0 spiro atoms. The van der Waals surface area contributed by atoms with Crippen molar-refractivity contribution in [3.8, 4) is 0 Å². The highest BCUT2D eigenvalue weighted by Gasteiger charge is 2.09. The van der Waals surface area contributed by atoms with E-state index >= 15 is 0 Å². The molecule has 1 atom stereocenters. The van der Waals surface area contributed by atoms with Gasteiger partial charge >= 0.3 is 0 Å². The van der Waals surface area contributed by atoms with Crippen LogP contribution >= 0.6 is 0 Å². The highest BCUT2D eigenvalue weighted by molar-refractivity contribution is 5.78. The molecule has 0 aliphatic rings. The molecule has 0 aromatic carbocycles. The van der Waals surface area contributed by atoms with Crippen LogP contribution < -0.4 is 5.73 Å². The minimum Gasteiger partial charge on any atom is -0.383 e. The lowest BCUT2D eigenvalue weighted by atomic mass is 10.0. The van der Waals surface area contributed by atoms with Gasteiger partial charge in [0.1, 0.15) is 6.10 Å². The van der Waals surface area contributed by atoms with Crippen molar-refractivity contribution in [1.82, 2.24) is 0 Å². The third kappa shape index (κ3) is 19.3. The van der Waals surface area contributed by atoms with Gasteiger partial charge in [-0.15, -0.1) is 0 Å². The first kappa shape index (κ1) is 24.2. The van der Waals surface area contributed by atoms with E-state index in [0.717, 1.165) is 12.8 Å². The smallest absolute Gasteiger partial charge is 0.246 e. The molecule has 0 fully saturated rings. The van der Waals surface area contributed by atoms with Gasteiger partial charge in [-0.2, -0.15) is 0 Å².